The van der Waals surface area contributed by atoms with Crippen LogP contribution in [-0.4, -0.2) is 26.2 Å². The predicted molar refractivity (Wildman–Crippen MR) is 102 cm³/mol. The molecular formula is C17H14Cl2N4OS. The summed E-state index contributed by atoms with van der Waals surface area (Å²) in [6.45, 7) is 0. The van der Waals surface area contributed by atoms with Gasteiger partial charge < -0.3 is 5.11 Å². The van der Waals surface area contributed by atoms with Gasteiger partial charge in [-0.2, -0.15) is 14.9 Å². The standard InChI is InChI=1S/C17H14Cl2N4OS/c18-13-8-12(9-14(19)16(13)24)10-20-23-15(21-22-17(23)25)7-6-11-4-2-1-3-5-11/h1-5,8-10,24H,6-7H2,(H,22,25)/b20-10-. The third kappa shape index (κ3) is 4.28. The Hall–Kier alpha value is -2.15. The van der Waals surface area contributed by atoms with Gasteiger partial charge in [0.15, 0.2) is 11.6 Å². The minimum absolute atomic E-state index is 0.149. The van der Waals surface area contributed by atoms with E-state index in [1.54, 1.807) is 23.0 Å². The van der Waals surface area contributed by atoms with Gasteiger partial charge in [0, 0.05) is 6.42 Å². The highest BCUT2D eigenvalue weighted by atomic mass is 35.5. The van der Waals surface area contributed by atoms with Crippen molar-refractivity contribution in [1.29, 1.82) is 0 Å². The van der Waals surface area contributed by atoms with Crippen LogP contribution in [-0.2, 0) is 12.8 Å². The van der Waals surface area contributed by atoms with Crippen LogP contribution in [0.25, 0.3) is 0 Å². The van der Waals surface area contributed by atoms with Crippen molar-refractivity contribution in [3.8, 4) is 5.75 Å². The van der Waals surface area contributed by atoms with Crippen molar-refractivity contribution in [3.63, 3.8) is 0 Å². The summed E-state index contributed by atoms with van der Waals surface area (Å²) in [5, 5.41) is 21.3. The number of phenols is 1. The number of H-pyrrole nitrogens is 1. The maximum Gasteiger partial charge on any atom is 0.216 e. The molecule has 1 heterocycles. The molecule has 25 heavy (non-hydrogen) atoms. The lowest BCUT2D eigenvalue weighted by Gasteiger charge is -2.03. The van der Waals surface area contributed by atoms with Crippen LogP contribution in [0.3, 0.4) is 0 Å². The molecule has 0 unspecified atom stereocenters. The van der Waals surface area contributed by atoms with E-state index in [0.717, 1.165) is 12.2 Å². The molecule has 0 aliphatic carbocycles. The van der Waals surface area contributed by atoms with E-state index in [2.05, 4.69) is 27.4 Å². The van der Waals surface area contributed by atoms with Crippen LogP contribution in [0.1, 0.15) is 17.0 Å². The van der Waals surface area contributed by atoms with E-state index < -0.39 is 0 Å². The lowest BCUT2D eigenvalue weighted by Crippen LogP contribution is -2.01. The largest absolute Gasteiger partial charge is 0.505 e. The first-order valence-corrected chi connectivity index (χ1v) is 8.63. The number of halogens is 2. The van der Waals surface area contributed by atoms with Crippen LogP contribution in [0.5, 0.6) is 5.75 Å². The van der Waals surface area contributed by atoms with E-state index in [1.807, 2.05) is 18.2 Å². The molecule has 3 aromatic rings. The van der Waals surface area contributed by atoms with E-state index in [4.69, 9.17) is 35.4 Å². The zero-order valence-electron chi connectivity index (χ0n) is 13.0. The third-order valence-corrected chi connectivity index (χ3v) is 4.40. The lowest BCUT2D eigenvalue weighted by atomic mass is 10.1. The minimum atomic E-state index is -0.149. The molecule has 0 saturated heterocycles. The van der Waals surface area contributed by atoms with Crippen LogP contribution in [0, 0.1) is 4.77 Å². The van der Waals surface area contributed by atoms with E-state index in [1.165, 1.54) is 5.56 Å². The summed E-state index contributed by atoms with van der Waals surface area (Å²) in [6.07, 6.45) is 3.08. The van der Waals surface area contributed by atoms with E-state index in [-0.39, 0.29) is 15.8 Å². The molecule has 5 nitrogen and oxygen atoms in total. The normalized spacial score (nSPS) is 11.3. The number of phenolic OH excluding ortho intramolecular Hbond substituents is 1. The van der Waals surface area contributed by atoms with Gasteiger partial charge in [-0.1, -0.05) is 53.5 Å². The topological polar surface area (TPSA) is 66.2 Å². The van der Waals surface area contributed by atoms with Crippen molar-refractivity contribution in [1.82, 2.24) is 14.9 Å². The Labute approximate surface area is 159 Å². The number of hydrogen-bond donors (Lipinski definition) is 2. The molecule has 0 saturated carbocycles. The number of aromatic amines is 1. The quantitative estimate of drug-likeness (QED) is 0.491. The zero-order chi connectivity index (χ0) is 17.8. The predicted octanol–water partition coefficient (Wildman–Crippen LogP) is 4.62. The van der Waals surface area contributed by atoms with Crippen molar-refractivity contribution >= 4 is 41.6 Å². The van der Waals surface area contributed by atoms with Crippen molar-refractivity contribution in [2.75, 3.05) is 0 Å². The Morgan fingerprint density at radius 3 is 2.52 bits per heavy atom. The Bertz CT molecular complexity index is 943. The maximum absolute atomic E-state index is 9.60. The summed E-state index contributed by atoms with van der Waals surface area (Å²) in [5.41, 5.74) is 1.86. The van der Waals surface area contributed by atoms with Crippen LogP contribution in [0.15, 0.2) is 47.6 Å². The second kappa shape index (κ2) is 7.82. The fourth-order valence-electron chi connectivity index (χ4n) is 2.29. The molecule has 0 bridgehead atoms. The zero-order valence-corrected chi connectivity index (χ0v) is 15.3. The number of nitrogens with one attached hydrogen (secondary N) is 1. The number of aryl methyl sites for hydroxylation is 2. The van der Waals surface area contributed by atoms with Gasteiger partial charge in [0.1, 0.15) is 0 Å². The van der Waals surface area contributed by atoms with Gasteiger partial charge in [0.2, 0.25) is 4.77 Å². The number of nitrogens with zero attached hydrogens (tertiary/aromatic N) is 3. The Balaban J connectivity index is 1.81. The third-order valence-electron chi connectivity index (χ3n) is 3.56. The summed E-state index contributed by atoms with van der Waals surface area (Å²) >= 11 is 17.1. The molecule has 0 fully saturated rings. The highest BCUT2D eigenvalue weighted by Crippen LogP contribution is 2.32. The number of rotatable bonds is 5. The molecule has 0 aliphatic rings. The highest BCUT2D eigenvalue weighted by Gasteiger charge is 2.07. The molecular weight excluding hydrogens is 379 g/mol. The number of benzene rings is 2. The first kappa shape index (κ1) is 17.7. The number of aromatic nitrogens is 3. The average molecular weight is 393 g/mol. The van der Waals surface area contributed by atoms with Gasteiger partial charge in [0.05, 0.1) is 16.3 Å². The Morgan fingerprint density at radius 2 is 1.84 bits per heavy atom. The fourth-order valence-corrected chi connectivity index (χ4v) is 2.99. The van der Waals surface area contributed by atoms with Gasteiger partial charge >= 0.3 is 0 Å². The molecule has 0 atom stereocenters. The first-order chi connectivity index (χ1) is 12.0. The van der Waals surface area contributed by atoms with Crippen molar-refractivity contribution in [2.24, 2.45) is 5.10 Å². The van der Waals surface area contributed by atoms with Gasteiger partial charge in [-0.05, 0) is 41.9 Å². The van der Waals surface area contributed by atoms with Crippen LogP contribution in [0.2, 0.25) is 10.0 Å². The van der Waals surface area contributed by atoms with E-state index in [9.17, 15) is 5.11 Å². The number of hydrogen-bond acceptors (Lipinski definition) is 4. The van der Waals surface area contributed by atoms with E-state index in [0.29, 0.717) is 16.8 Å². The molecule has 0 radical (unpaired) electrons. The van der Waals surface area contributed by atoms with Crippen LogP contribution < -0.4 is 0 Å². The summed E-state index contributed by atoms with van der Waals surface area (Å²) in [4.78, 5) is 0. The fraction of sp³-hybridized carbons (Fsp3) is 0.118. The molecule has 2 N–H and O–H groups in total. The monoisotopic (exact) mass is 392 g/mol. The molecule has 3 rings (SSSR count). The SMILES string of the molecule is Oc1c(Cl)cc(/C=N\n2c(CCc3ccccc3)n[nH]c2=S)cc1Cl. The Kier molecular flexibility index (Phi) is 5.53. The van der Waals surface area contributed by atoms with Gasteiger partial charge in [0.25, 0.3) is 0 Å². The van der Waals surface area contributed by atoms with Crippen LogP contribution >= 0.6 is 35.4 Å². The second-order valence-corrected chi connectivity index (χ2v) is 6.52. The van der Waals surface area contributed by atoms with Gasteiger partial charge in [-0.15, -0.1) is 0 Å². The van der Waals surface area contributed by atoms with Crippen LogP contribution in [0.4, 0.5) is 0 Å². The summed E-state index contributed by atoms with van der Waals surface area (Å²) in [6, 6.07) is 13.3. The van der Waals surface area contributed by atoms with Crippen molar-refractivity contribution in [3.05, 3.63) is 74.2 Å². The molecule has 0 aliphatic heterocycles. The average Bonchev–Trinajstić information content (AvgIpc) is 2.96. The van der Waals surface area contributed by atoms with Crippen molar-refractivity contribution in [2.45, 2.75) is 12.8 Å². The minimum Gasteiger partial charge on any atom is -0.505 e. The molecule has 8 heteroatoms. The molecule has 1 aromatic heterocycles. The molecule has 0 spiro atoms. The molecule has 128 valence electrons. The van der Waals surface area contributed by atoms with Gasteiger partial charge in [-0.25, -0.2) is 0 Å². The smallest absolute Gasteiger partial charge is 0.216 e. The Morgan fingerprint density at radius 1 is 1.16 bits per heavy atom. The highest BCUT2D eigenvalue weighted by molar-refractivity contribution is 7.71. The first-order valence-electron chi connectivity index (χ1n) is 7.47. The van der Waals surface area contributed by atoms with Gasteiger partial charge in [-0.3, -0.25) is 5.10 Å². The second-order valence-electron chi connectivity index (χ2n) is 5.32. The molecule has 2 aromatic carbocycles. The maximum atomic E-state index is 9.60. The number of aromatic hydroxyl groups is 1. The summed E-state index contributed by atoms with van der Waals surface area (Å²) in [7, 11) is 0. The summed E-state index contributed by atoms with van der Waals surface area (Å²) < 4.78 is 1.96. The summed E-state index contributed by atoms with van der Waals surface area (Å²) in [5.74, 6) is 0.574. The van der Waals surface area contributed by atoms with Crippen molar-refractivity contribution < 1.29 is 5.11 Å². The molecule has 0 amide bonds. The van der Waals surface area contributed by atoms with E-state index >= 15 is 0 Å². The lowest BCUT2D eigenvalue weighted by molar-refractivity contribution is 0.476.